The van der Waals surface area contributed by atoms with Gasteiger partial charge in [-0.1, -0.05) is 48.5 Å². The van der Waals surface area contributed by atoms with Gasteiger partial charge in [0.15, 0.2) is 0 Å². The molecule has 1 aliphatic rings. The summed E-state index contributed by atoms with van der Waals surface area (Å²) in [6.07, 6.45) is 0. The Balaban J connectivity index is 1.43. The van der Waals surface area contributed by atoms with Crippen LogP contribution in [0.15, 0.2) is 54.6 Å². The van der Waals surface area contributed by atoms with Crippen LogP contribution in [0.2, 0.25) is 0 Å². The highest BCUT2D eigenvalue weighted by Crippen LogP contribution is 2.31. The number of nitrogens with zero attached hydrogens (tertiary/aromatic N) is 2. The molecular weight excluding hydrogens is 328 g/mol. The second-order valence-corrected chi connectivity index (χ2v) is 7.66. The van der Waals surface area contributed by atoms with E-state index >= 15 is 0 Å². The molecular formula is C21H22N2OS. The van der Waals surface area contributed by atoms with E-state index < -0.39 is 0 Å². The zero-order valence-electron chi connectivity index (χ0n) is 14.4. The first-order chi connectivity index (χ1) is 12.2. The van der Waals surface area contributed by atoms with E-state index in [0.29, 0.717) is 0 Å². The summed E-state index contributed by atoms with van der Waals surface area (Å²) in [6.45, 7) is 6.51. The molecule has 0 atom stereocenters. The largest absolute Gasteiger partial charge is 0.335 e. The third-order valence-corrected chi connectivity index (χ3v) is 6.21. The van der Waals surface area contributed by atoms with Crippen molar-refractivity contribution >= 4 is 27.3 Å². The van der Waals surface area contributed by atoms with Crippen molar-refractivity contribution in [1.82, 2.24) is 9.80 Å². The summed E-state index contributed by atoms with van der Waals surface area (Å²) in [5.74, 6) is 0.193. The minimum absolute atomic E-state index is 0.193. The van der Waals surface area contributed by atoms with Gasteiger partial charge in [0.2, 0.25) is 0 Å². The van der Waals surface area contributed by atoms with Gasteiger partial charge in [-0.15, -0.1) is 11.3 Å². The molecule has 0 N–H and O–H groups in total. The summed E-state index contributed by atoms with van der Waals surface area (Å²) in [4.78, 5) is 18.3. The van der Waals surface area contributed by atoms with Crippen LogP contribution in [0, 0.1) is 6.92 Å². The molecule has 3 nitrogen and oxygen atoms in total. The van der Waals surface area contributed by atoms with Crippen molar-refractivity contribution in [3.05, 3.63) is 70.6 Å². The van der Waals surface area contributed by atoms with Crippen LogP contribution < -0.4 is 0 Å². The lowest BCUT2D eigenvalue weighted by Crippen LogP contribution is -2.48. The van der Waals surface area contributed by atoms with Crippen molar-refractivity contribution in [1.29, 1.82) is 0 Å². The van der Waals surface area contributed by atoms with Gasteiger partial charge in [0.05, 0.1) is 4.88 Å². The molecule has 4 rings (SSSR count). The topological polar surface area (TPSA) is 23.6 Å². The van der Waals surface area contributed by atoms with Crippen LogP contribution in [0.5, 0.6) is 0 Å². The number of thiophene rings is 1. The number of hydrogen-bond donors (Lipinski definition) is 0. The van der Waals surface area contributed by atoms with E-state index in [9.17, 15) is 4.79 Å². The quantitative estimate of drug-likeness (QED) is 0.708. The van der Waals surface area contributed by atoms with Gasteiger partial charge in [0.25, 0.3) is 5.91 Å². The average molecular weight is 350 g/mol. The molecule has 0 radical (unpaired) electrons. The molecule has 0 spiro atoms. The maximum absolute atomic E-state index is 13.0. The van der Waals surface area contributed by atoms with Gasteiger partial charge in [-0.3, -0.25) is 9.69 Å². The minimum Gasteiger partial charge on any atom is -0.335 e. The normalized spacial score (nSPS) is 15.6. The summed E-state index contributed by atoms with van der Waals surface area (Å²) >= 11 is 1.62. The van der Waals surface area contributed by atoms with Crippen molar-refractivity contribution < 1.29 is 4.79 Å². The first-order valence-corrected chi connectivity index (χ1v) is 9.58. The van der Waals surface area contributed by atoms with Crippen molar-refractivity contribution in [3.8, 4) is 0 Å². The van der Waals surface area contributed by atoms with Crippen LogP contribution in [0.1, 0.15) is 20.8 Å². The maximum Gasteiger partial charge on any atom is 0.264 e. The fourth-order valence-corrected chi connectivity index (χ4v) is 4.65. The van der Waals surface area contributed by atoms with Gasteiger partial charge in [0, 0.05) is 37.4 Å². The SMILES string of the molecule is Cc1c(C(=O)N2CCN(Cc3ccccc3)CC2)sc2ccccc12. The molecule has 2 heterocycles. The molecule has 1 saturated heterocycles. The highest BCUT2D eigenvalue weighted by atomic mass is 32.1. The Bertz CT molecular complexity index is 879. The van der Waals surface area contributed by atoms with Crippen molar-refractivity contribution in [3.63, 3.8) is 0 Å². The molecule has 1 aliphatic heterocycles. The van der Waals surface area contributed by atoms with Gasteiger partial charge >= 0.3 is 0 Å². The summed E-state index contributed by atoms with van der Waals surface area (Å²) in [7, 11) is 0. The zero-order chi connectivity index (χ0) is 17.2. The summed E-state index contributed by atoms with van der Waals surface area (Å²) in [6, 6.07) is 18.8. The Labute approximate surface area is 152 Å². The van der Waals surface area contributed by atoms with Crippen LogP contribution in [0.3, 0.4) is 0 Å². The molecule has 0 bridgehead atoms. The van der Waals surface area contributed by atoms with E-state index in [4.69, 9.17) is 0 Å². The fraction of sp³-hybridized carbons (Fsp3) is 0.286. The highest BCUT2D eigenvalue weighted by Gasteiger charge is 2.25. The number of fused-ring (bicyclic) bond motifs is 1. The Morgan fingerprint density at radius 3 is 2.36 bits per heavy atom. The molecule has 4 heteroatoms. The van der Waals surface area contributed by atoms with Crippen LogP contribution >= 0.6 is 11.3 Å². The number of amides is 1. The standard InChI is InChI=1S/C21H22N2OS/c1-16-18-9-5-6-10-19(18)25-20(16)21(24)23-13-11-22(12-14-23)15-17-7-3-2-4-8-17/h2-10H,11-15H2,1H3. The molecule has 0 aliphatic carbocycles. The smallest absolute Gasteiger partial charge is 0.264 e. The molecule has 3 aromatic rings. The van der Waals surface area contributed by atoms with E-state index in [2.05, 4.69) is 48.2 Å². The van der Waals surface area contributed by atoms with Gasteiger partial charge < -0.3 is 4.90 Å². The predicted octanol–water partition coefficient (Wildman–Crippen LogP) is 4.17. The first-order valence-electron chi connectivity index (χ1n) is 8.76. The summed E-state index contributed by atoms with van der Waals surface area (Å²) in [5, 5.41) is 1.21. The van der Waals surface area contributed by atoms with E-state index in [0.717, 1.165) is 43.2 Å². The van der Waals surface area contributed by atoms with Gasteiger partial charge in [-0.2, -0.15) is 0 Å². The van der Waals surface area contributed by atoms with Crippen LogP contribution in [-0.2, 0) is 6.54 Å². The van der Waals surface area contributed by atoms with Crippen molar-refractivity contribution in [2.75, 3.05) is 26.2 Å². The molecule has 0 unspecified atom stereocenters. The highest BCUT2D eigenvalue weighted by molar-refractivity contribution is 7.21. The molecule has 0 saturated carbocycles. The Kier molecular flexibility index (Phi) is 4.55. The Morgan fingerprint density at radius 1 is 0.960 bits per heavy atom. The zero-order valence-corrected chi connectivity index (χ0v) is 15.3. The molecule has 25 heavy (non-hydrogen) atoms. The van der Waals surface area contributed by atoms with Crippen LogP contribution in [0.4, 0.5) is 0 Å². The molecule has 1 fully saturated rings. The molecule has 128 valence electrons. The maximum atomic E-state index is 13.0. The lowest BCUT2D eigenvalue weighted by molar-refractivity contribution is 0.0632. The average Bonchev–Trinajstić information content (AvgIpc) is 3.00. The Morgan fingerprint density at radius 2 is 1.64 bits per heavy atom. The number of piperazine rings is 1. The van der Waals surface area contributed by atoms with E-state index in [-0.39, 0.29) is 5.91 Å². The van der Waals surface area contributed by atoms with Gasteiger partial charge in [0.1, 0.15) is 0 Å². The number of carbonyl (C=O) groups excluding carboxylic acids is 1. The lowest BCUT2D eigenvalue weighted by atomic mass is 10.1. The van der Waals surface area contributed by atoms with Crippen LogP contribution in [-0.4, -0.2) is 41.9 Å². The monoisotopic (exact) mass is 350 g/mol. The Hall–Kier alpha value is -2.17. The number of carbonyl (C=O) groups is 1. The van der Waals surface area contributed by atoms with E-state index in [1.54, 1.807) is 11.3 Å². The molecule has 1 aromatic heterocycles. The second-order valence-electron chi connectivity index (χ2n) is 6.61. The number of rotatable bonds is 3. The third kappa shape index (κ3) is 3.32. The van der Waals surface area contributed by atoms with Crippen molar-refractivity contribution in [2.24, 2.45) is 0 Å². The lowest BCUT2D eigenvalue weighted by Gasteiger charge is -2.34. The predicted molar refractivity (Wildman–Crippen MR) is 104 cm³/mol. The third-order valence-electron chi connectivity index (χ3n) is 4.95. The summed E-state index contributed by atoms with van der Waals surface area (Å²) < 4.78 is 1.20. The minimum atomic E-state index is 0.193. The second kappa shape index (κ2) is 6.98. The first kappa shape index (κ1) is 16.3. The van der Waals surface area contributed by atoms with Crippen molar-refractivity contribution in [2.45, 2.75) is 13.5 Å². The van der Waals surface area contributed by atoms with Crippen LogP contribution in [0.25, 0.3) is 10.1 Å². The molecule has 2 aromatic carbocycles. The van der Waals surface area contributed by atoms with E-state index in [1.807, 2.05) is 23.1 Å². The molecule has 1 amide bonds. The number of aryl methyl sites for hydroxylation is 1. The van der Waals surface area contributed by atoms with Gasteiger partial charge in [-0.25, -0.2) is 0 Å². The summed E-state index contributed by atoms with van der Waals surface area (Å²) in [5.41, 5.74) is 2.46. The van der Waals surface area contributed by atoms with E-state index in [1.165, 1.54) is 15.6 Å². The fourth-order valence-electron chi connectivity index (χ4n) is 3.47. The van der Waals surface area contributed by atoms with Gasteiger partial charge in [-0.05, 0) is 29.5 Å². The number of hydrogen-bond acceptors (Lipinski definition) is 3. The number of benzene rings is 2.